The first kappa shape index (κ1) is 12.9. The quantitative estimate of drug-likeness (QED) is 0.317. The minimum absolute atomic E-state index is 0.201. The molecule has 5 heteroatoms. The van der Waals surface area contributed by atoms with Crippen LogP contribution in [0.4, 0.5) is 0 Å². The lowest BCUT2D eigenvalue weighted by atomic mass is 10.1. The molecule has 0 bridgehead atoms. The third-order valence-corrected chi connectivity index (χ3v) is 2.84. The predicted molar refractivity (Wildman–Crippen MR) is 57.7 cm³/mol. The van der Waals surface area contributed by atoms with Gasteiger partial charge >= 0.3 is 0 Å². The molecule has 1 fully saturated rings. The van der Waals surface area contributed by atoms with Crippen molar-refractivity contribution >= 4 is 0 Å². The van der Waals surface area contributed by atoms with Gasteiger partial charge in [0.25, 0.3) is 0 Å². The van der Waals surface area contributed by atoms with Crippen molar-refractivity contribution in [3.8, 4) is 0 Å². The molecule has 1 aliphatic heterocycles. The van der Waals surface area contributed by atoms with Gasteiger partial charge in [-0.25, -0.2) is 4.89 Å². The Kier molecular flexibility index (Phi) is 6.12. The Morgan fingerprint density at radius 1 is 1.47 bits per heavy atom. The van der Waals surface area contributed by atoms with Crippen molar-refractivity contribution in [2.45, 2.75) is 31.4 Å². The molecule has 0 saturated carbocycles. The maximum atomic E-state index is 9.61. The van der Waals surface area contributed by atoms with Crippen LogP contribution < -0.4 is 5.32 Å². The fourth-order valence-electron chi connectivity index (χ4n) is 1.92. The maximum absolute atomic E-state index is 9.61. The Labute approximate surface area is 91.0 Å². The van der Waals surface area contributed by atoms with Gasteiger partial charge in [0.1, 0.15) is 0 Å². The van der Waals surface area contributed by atoms with E-state index in [1.807, 2.05) is 7.05 Å². The Bertz CT molecular complexity index is 169. The van der Waals surface area contributed by atoms with Crippen molar-refractivity contribution in [2.75, 3.05) is 33.3 Å². The zero-order chi connectivity index (χ0) is 11.1. The molecule has 1 saturated heterocycles. The van der Waals surface area contributed by atoms with Crippen molar-refractivity contribution < 1.29 is 15.3 Å². The maximum Gasteiger partial charge on any atom is 0.0820 e. The van der Waals surface area contributed by atoms with Crippen LogP contribution in [0.2, 0.25) is 0 Å². The van der Waals surface area contributed by atoms with E-state index in [9.17, 15) is 5.11 Å². The second kappa shape index (κ2) is 7.14. The molecule has 0 aromatic rings. The van der Waals surface area contributed by atoms with Gasteiger partial charge in [-0.15, -0.1) is 0 Å². The van der Waals surface area contributed by atoms with Crippen molar-refractivity contribution in [2.24, 2.45) is 0 Å². The minimum Gasteiger partial charge on any atom is -0.391 e. The molecule has 3 N–H and O–H groups in total. The van der Waals surface area contributed by atoms with Gasteiger partial charge in [-0.05, 0) is 39.4 Å². The summed E-state index contributed by atoms with van der Waals surface area (Å²) in [6, 6.07) is 0.212. The van der Waals surface area contributed by atoms with E-state index in [2.05, 4.69) is 15.1 Å². The van der Waals surface area contributed by atoms with Gasteiger partial charge in [-0.2, -0.15) is 0 Å². The van der Waals surface area contributed by atoms with E-state index >= 15 is 0 Å². The van der Waals surface area contributed by atoms with Gasteiger partial charge in [0.15, 0.2) is 0 Å². The van der Waals surface area contributed by atoms with Gasteiger partial charge < -0.3 is 15.3 Å². The number of hydrogen-bond acceptors (Lipinski definition) is 5. The summed E-state index contributed by atoms with van der Waals surface area (Å²) >= 11 is 0. The highest BCUT2D eigenvalue weighted by Gasteiger charge is 2.25. The first-order valence-electron chi connectivity index (χ1n) is 5.60. The number of hydrogen-bond donors (Lipinski definition) is 3. The Hall–Kier alpha value is -0.200. The van der Waals surface area contributed by atoms with Gasteiger partial charge in [0.2, 0.25) is 0 Å². The Morgan fingerprint density at radius 2 is 2.27 bits per heavy atom. The van der Waals surface area contributed by atoms with E-state index < -0.39 is 0 Å². The molecule has 1 heterocycles. The molecule has 0 amide bonds. The van der Waals surface area contributed by atoms with Crippen LogP contribution in [0.25, 0.3) is 0 Å². The first-order chi connectivity index (χ1) is 7.24. The lowest BCUT2D eigenvalue weighted by Crippen LogP contribution is -2.41. The summed E-state index contributed by atoms with van der Waals surface area (Å²) < 4.78 is 0. The molecule has 15 heavy (non-hydrogen) atoms. The second-order valence-corrected chi connectivity index (χ2v) is 4.22. The predicted octanol–water partition coefficient (Wildman–Crippen LogP) is -0.0892. The van der Waals surface area contributed by atoms with Crippen LogP contribution in [0.15, 0.2) is 0 Å². The van der Waals surface area contributed by atoms with E-state index in [4.69, 9.17) is 5.26 Å². The highest BCUT2D eigenvalue weighted by Crippen LogP contribution is 2.07. The standard InChI is InChI=1S/C10H22N2O3/c1-12(6-2-3-7-15-14)8-9-10(13)4-5-11-9/h9-11,13-14H,2-8H2,1H3. The topological polar surface area (TPSA) is 65.0 Å². The zero-order valence-electron chi connectivity index (χ0n) is 9.35. The molecule has 0 spiro atoms. The second-order valence-electron chi connectivity index (χ2n) is 4.22. The fourth-order valence-corrected chi connectivity index (χ4v) is 1.92. The number of nitrogens with zero attached hydrogens (tertiary/aromatic N) is 1. The van der Waals surface area contributed by atoms with Crippen LogP contribution in [0.1, 0.15) is 19.3 Å². The Balaban J connectivity index is 2.04. The van der Waals surface area contributed by atoms with Crippen LogP contribution in [-0.2, 0) is 4.89 Å². The summed E-state index contributed by atoms with van der Waals surface area (Å²) in [5, 5.41) is 21.0. The average Bonchev–Trinajstić information content (AvgIpc) is 2.59. The fraction of sp³-hybridized carbons (Fsp3) is 1.00. The number of rotatable bonds is 7. The van der Waals surface area contributed by atoms with Crippen molar-refractivity contribution in [1.29, 1.82) is 0 Å². The van der Waals surface area contributed by atoms with Crippen LogP contribution in [-0.4, -0.2) is 60.7 Å². The molecule has 0 aromatic carbocycles. The minimum atomic E-state index is -0.201. The van der Waals surface area contributed by atoms with Crippen LogP contribution >= 0.6 is 0 Å². The summed E-state index contributed by atoms with van der Waals surface area (Å²) in [6.45, 7) is 3.16. The molecule has 0 radical (unpaired) electrons. The summed E-state index contributed by atoms with van der Waals surface area (Å²) in [7, 11) is 2.05. The molecule has 0 aromatic heterocycles. The number of aliphatic hydroxyl groups is 1. The molecule has 90 valence electrons. The van der Waals surface area contributed by atoms with Crippen molar-refractivity contribution in [3.63, 3.8) is 0 Å². The molecule has 1 aliphatic rings. The van der Waals surface area contributed by atoms with Gasteiger partial charge in [-0.3, -0.25) is 5.26 Å². The Morgan fingerprint density at radius 3 is 2.87 bits per heavy atom. The normalized spacial score (nSPS) is 26.4. The lowest BCUT2D eigenvalue weighted by Gasteiger charge is -2.23. The van der Waals surface area contributed by atoms with Gasteiger partial charge in [0.05, 0.1) is 12.7 Å². The molecule has 1 rings (SSSR count). The molecular formula is C10H22N2O3. The smallest absolute Gasteiger partial charge is 0.0820 e. The van der Waals surface area contributed by atoms with E-state index in [0.29, 0.717) is 6.61 Å². The summed E-state index contributed by atoms with van der Waals surface area (Å²) in [5.74, 6) is 0. The molecule has 2 unspecified atom stereocenters. The zero-order valence-corrected chi connectivity index (χ0v) is 9.35. The van der Waals surface area contributed by atoms with Gasteiger partial charge in [-0.1, -0.05) is 0 Å². The summed E-state index contributed by atoms with van der Waals surface area (Å²) in [6.07, 6.45) is 2.52. The highest BCUT2D eigenvalue weighted by atomic mass is 17.1. The third-order valence-electron chi connectivity index (χ3n) is 2.84. The first-order valence-corrected chi connectivity index (χ1v) is 5.60. The van der Waals surface area contributed by atoms with Crippen molar-refractivity contribution in [1.82, 2.24) is 10.2 Å². The van der Waals surface area contributed by atoms with E-state index in [0.717, 1.165) is 38.9 Å². The van der Waals surface area contributed by atoms with Crippen LogP contribution in [0, 0.1) is 0 Å². The van der Waals surface area contributed by atoms with E-state index in [1.165, 1.54) is 0 Å². The number of aliphatic hydroxyl groups excluding tert-OH is 1. The molecule has 5 nitrogen and oxygen atoms in total. The summed E-state index contributed by atoms with van der Waals surface area (Å²) in [5.41, 5.74) is 0. The van der Waals surface area contributed by atoms with Gasteiger partial charge in [0, 0.05) is 12.6 Å². The number of unbranched alkanes of at least 4 members (excludes halogenated alkanes) is 1. The lowest BCUT2D eigenvalue weighted by molar-refractivity contribution is -0.242. The number of nitrogens with one attached hydrogen (secondary N) is 1. The SMILES string of the molecule is CN(CCCCOO)CC1NCCC1O. The van der Waals surface area contributed by atoms with Crippen LogP contribution in [0.5, 0.6) is 0 Å². The summed E-state index contributed by atoms with van der Waals surface area (Å²) in [4.78, 5) is 6.20. The van der Waals surface area contributed by atoms with Crippen molar-refractivity contribution in [3.05, 3.63) is 0 Å². The largest absolute Gasteiger partial charge is 0.391 e. The van der Waals surface area contributed by atoms with Crippen LogP contribution in [0.3, 0.4) is 0 Å². The number of likely N-dealkylation sites (N-methyl/N-ethyl adjacent to an activating group) is 1. The van der Waals surface area contributed by atoms with E-state index in [-0.39, 0.29) is 12.1 Å². The molecule has 0 aliphatic carbocycles. The molecule has 2 atom stereocenters. The monoisotopic (exact) mass is 218 g/mol. The average molecular weight is 218 g/mol. The third kappa shape index (κ3) is 4.90. The molecular weight excluding hydrogens is 196 g/mol. The van der Waals surface area contributed by atoms with E-state index in [1.54, 1.807) is 0 Å². The highest BCUT2D eigenvalue weighted by molar-refractivity contribution is 4.85.